The number of carbonyl (C=O) groups excluding carboxylic acids is 1. The summed E-state index contributed by atoms with van der Waals surface area (Å²) in [5, 5.41) is 13.3. The molecule has 6 nitrogen and oxygen atoms in total. The molecule has 0 saturated carbocycles. The van der Waals surface area contributed by atoms with Crippen molar-refractivity contribution in [1.29, 1.82) is 0 Å². The van der Waals surface area contributed by atoms with E-state index in [-0.39, 0.29) is 11.6 Å². The lowest BCUT2D eigenvalue weighted by molar-refractivity contribution is -0.129. The third-order valence-electron chi connectivity index (χ3n) is 4.64. The van der Waals surface area contributed by atoms with Crippen molar-refractivity contribution in [2.75, 3.05) is 6.54 Å². The third kappa shape index (κ3) is 5.11. The average Bonchev–Trinajstić information content (AvgIpc) is 2.71. The molecule has 1 aromatic carbocycles. The normalized spacial score (nSPS) is 16.4. The molecule has 3 rings (SSSR count). The smallest absolute Gasteiger partial charge is 0.228 e. The number of pyridine rings is 1. The summed E-state index contributed by atoms with van der Waals surface area (Å²) in [4.78, 5) is 21.7. The number of amides is 1. The summed E-state index contributed by atoms with van der Waals surface area (Å²) < 4.78 is 13.8. The molecule has 0 bridgehead atoms. The van der Waals surface area contributed by atoms with Crippen LogP contribution in [0.4, 0.5) is 4.39 Å². The lowest BCUT2D eigenvalue weighted by Crippen LogP contribution is -2.28. The van der Waals surface area contributed by atoms with Gasteiger partial charge in [0.2, 0.25) is 11.9 Å². The Morgan fingerprint density at radius 2 is 2.03 bits per heavy atom. The van der Waals surface area contributed by atoms with Crippen molar-refractivity contribution in [3.8, 4) is 0 Å². The second kappa shape index (κ2) is 9.65. The van der Waals surface area contributed by atoms with Gasteiger partial charge in [0.05, 0.1) is 29.7 Å². The summed E-state index contributed by atoms with van der Waals surface area (Å²) in [7, 11) is 0. The predicted octanol–water partition coefficient (Wildman–Crippen LogP) is 4.88. The maximum absolute atomic E-state index is 13.8. The van der Waals surface area contributed by atoms with Gasteiger partial charge in [0.15, 0.2) is 0 Å². The number of hydrogen-bond acceptors (Lipinski definition) is 5. The average molecular weight is 428 g/mol. The van der Waals surface area contributed by atoms with Gasteiger partial charge in [-0.15, -0.1) is 0 Å². The van der Waals surface area contributed by atoms with Crippen LogP contribution in [0.25, 0.3) is 6.08 Å². The molecule has 0 radical (unpaired) electrons. The molecule has 1 aromatic heterocycles. The van der Waals surface area contributed by atoms with Crippen LogP contribution in [0.15, 0.2) is 65.7 Å². The molecule has 0 aliphatic carbocycles. The van der Waals surface area contributed by atoms with Crippen molar-refractivity contribution >= 4 is 29.3 Å². The van der Waals surface area contributed by atoms with Crippen LogP contribution in [0.3, 0.4) is 0 Å². The van der Waals surface area contributed by atoms with Crippen LogP contribution in [0.1, 0.15) is 36.8 Å². The number of carbonyl (C=O) groups is 1. The second-order valence-corrected chi connectivity index (χ2v) is 7.10. The minimum absolute atomic E-state index is 0.0304. The molecular formula is C22H21ClFN4O2-. The first kappa shape index (κ1) is 21.7. The van der Waals surface area contributed by atoms with Gasteiger partial charge in [-0.1, -0.05) is 35.9 Å². The highest BCUT2D eigenvalue weighted by atomic mass is 35.5. The van der Waals surface area contributed by atoms with E-state index < -0.39 is 12.0 Å². The summed E-state index contributed by atoms with van der Waals surface area (Å²) in [6.07, 6.45) is 4.01. The fourth-order valence-corrected chi connectivity index (χ4v) is 3.38. The minimum atomic E-state index is -0.880. The van der Waals surface area contributed by atoms with Crippen LogP contribution in [0, 0.1) is 5.21 Å². The Hall–Kier alpha value is -3.03. The molecule has 1 amide bonds. The molecule has 0 spiro atoms. The molecule has 1 aliphatic rings. The van der Waals surface area contributed by atoms with E-state index >= 15 is 0 Å². The van der Waals surface area contributed by atoms with Crippen LogP contribution in [0.2, 0.25) is 5.02 Å². The molecular weight excluding hydrogens is 407 g/mol. The topological polar surface area (TPSA) is 71.9 Å². The van der Waals surface area contributed by atoms with Gasteiger partial charge < -0.3 is 15.2 Å². The molecule has 1 aliphatic heterocycles. The van der Waals surface area contributed by atoms with E-state index in [1.807, 2.05) is 19.1 Å². The van der Waals surface area contributed by atoms with Crippen LogP contribution >= 0.6 is 11.6 Å². The number of hydrogen-bond donors (Lipinski definition) is 0. The van der Waals surface area contributed by atoms with Crippen molar-refractivity contribution in [3.63, 3.8) is 0 Å². The van der Waals surface area contributed by atoms with Gasteiger partial charge in [0.1, 0.15) is 0 Å². The van der Waals surface area contributed by atoms with Gasteiger partial charge in [0, 0.05) is 24.7 Å². The van der Waals surface area contributed by atoms with E-state index in [4.69, 9.17) is 11.6 Å². The summed E-state index contributed by atoms with van der Waals surface area (Å²) in [5.41, 5.74) is 2.06. The summed E-state index contributed by atoms with van der Waals surface area (Å²) in [6.45, 7) is 4.39. The van der Waals surface area contributed by atoms with Gasteiger partial charge >= 0.3 is 0 Å². The quantitative estimate of drug-likeness (QED) is 0.616. The summed E-state index contributed by atoms with van der Waals surface area (Å²) in [6, 6.07) is 11.4. The van der Waals surface area contributed by atoms with E-state index in [0.717, 1.165) is 11.9 Å². The van der Waals surface area contributed by atoms with Crippen molar-refractivity contribution < 1.29 is 9.18 Å². The molecule has 1 atom stereocenters. The molecule has 156 valence electrons. The molecule has 2 aromatic rings. The fourth-order valence-electron chi connectivity index (χ4n) is 3.14. The number of nitrogens with zero attached hydrogens (tertiary/aromatic N) is 4. The van der Waals surface area contributed by atoms with Gasteiger partial charge in [-0.05, 0) is 42.8 Å². The highest BCUT2D eigenvalue weighted by Gasteiger charge is 2.23. The maximum atomic E-state index is 13.8. The van der Waals surface area contributed by atoms with E-state index in [0.29, 0.717) is 34.4 Å². The first-order chi connectivity index (χ1) is 14.4. The maximum Gasteiger partial charge on any atom is 0.228 e. The highest BCUT2D eigenvalue weighted by Crippen LogP contribution is 2.32. The Morgan fingerprint density at radius 3 is 2.73 bits per heavy atom. The van der Waals surface area contributed by atoms with Gasteiger partial charge in [0.25, 0.3) is 0 Å². The molecule has 0 saturated heterocycles. The van der Waals surface area contributed by atoms with Crippen molar-refractivity contribution in [3.05, 3.63) is 87.9 Å². The van der Waals surface area contributed by atoms with E-state index in [1.165, 1.54) is 6.92 Å². The van der Waals surface area contributed by atoms with Crippen molar-refractivity contribution in [2.24, 2.45) is 4.99 Å². The van der Waals surface area contributed by atoms with Crippen LogP contribution < -0.4 is 0 Å². The second-order valence-electron chi connectivity index (χ2n) is 6.69. The first-order valence-corrected chi connectivity index (χ1v) is 9.82. The van der Waals surface area contributed by atoms with Crippen molar-refractivity contribution in [2.45, 2.75) is 26.4 Å². The van der Waals surface area contributed by atoms with E-state index in [9.17, 15) is 14.4 Å². The standard InChI is InChI=1S/C22H21ClFN4O2/c1-3-27(15(2)29)13-17-8-6-7-16(25-17)11-12-20-22(28(30)14-21(24)26-20)18-9-4-5-10-19(18)23/h4-12,14,22H,3,13H2,1-2H3/q-1. The molecule has 0 N–H and O–H groups in total. The Morgan fingerprint density at radius 1 is 1.27 bits per heavy atom. The number of aliphatic imine (C=N–C) groups is 1. The van der Waals surface area contributed by atoms with Gasteiger partial charge in [-0.2, -0.15) is 4.39 Å². The zero-order valence-corrected chi connectivity index (χ0v) is 17.4. The predicted molar refractivity (Wildman–Crippen MR) is 116 cm³/mol. The van der Waals surface area contributed by atoms with Gasteiger partial charge in [-0.25, -0.2) is 4.99 Å². The number of hydroxylamine groups is 2. The molecule has 8 heteroatoms. The molecule has 30 heavy (non-hydrogen) atoms. The minimum Gasteiger partial charge on any atom is -0.758 e. The van der Waals surface area contributed by atoms with E-state index in [2.05, 4.69) is 9.98 Å². The van der Waals surface area contributed by atoms with Gasteiger partial charge in [-0.3, -0.25) is 9.78 Å². The number of benzene rings is 1. The SMILES string of the molecule is CCN(Cc1cccc(C=CC2=NC(F)=CN([O-])C2c2ccccc2Cl)n1)C(C)=O. The Labute approximate surface area is 179 Å². The van der Waals surface area contributed by atoms with E-state index in [1.54, 1.807) is 47.4 Å². The number of aromatic nitrogens is 1. The third-order valence-corrected chi connectivity index (χ3v) is 4.98. The molecule has 1 unspecified atom stereocenters. The zero-order chi connectivity index (χ0) is 21.7. The Balaban J connectivity index is 1.88. The number of halogens is 2. The molecule has 2 heterocycles. The summed E-state index contributed by atoms with van der Waals surface area (Å²) in [5.74, 6) is -0.910. The summed E-state index contributed by atoms with van der Waals surface area (Å²) >= 11 is 6.25. The Bertz CT molecular complexity index is 1020. The first-order valence-electron chi connectivity index (χ1n) is 9.44. The molecule has 0 fully saturated rings. The lowest BCUT2D eigenvalue weighted by atomic mass is 10.00. The zero-order valence-electron chi connectivity index (χ0n) is 16.6. The van der Waals surface area contributed by atoms with Crippen LogP contribution in [0.5, 0.6) is 0 Å². The largest absolute Gasteiger partial charge is 0.758 e. The van der Waals surface area contributed by atoms with Crippen LogP contribution in [-0.4, -0.2) is 33.1 Å². The highest BCUT2D eigenvalue weighted by molar-refractivity contribution is 6.31. The fraction of sp³-hybridized carbons (Fsp3) is 0.227. The Kier molecular flexibility index (Phi) is 6.97. The number of rotatable bonds is 6. The monoisotopic (exact) mass is 427 g/mol. The lowest BCUT2D eigenvalue weighted by Gasteiger charge is -2.38. The van der Waals surface area contributed by atoms with Crippen molar-refractivity contribution in [1.82, 2.24) is 14.9 Å². The van der Waals surface area contributed by atoms with Crippen LogP contribution in [-0.2, 0) is 11.3 Å².